The topological polar surface area (TPSA) is 69.0 Å². The molecule has 2 saturated heterocycles. The molecule has 5 heteroatoms. The van der Waals surface area contributed by atoms with Gasteiger partial charge < -0.3 is 13.9 Å². The zero-order valence-electron chi connectivity index (χ0n) is 18.8. The van der Waals surface area contributed by atoms with E-state index in [1.165, 1.54) is 0 Å². The van der Waals surface area contributed by atoms with Crippen molar-refractivity contribution in [1.82, 2.24) is 0 Å². The van der Waals surface area contributed by atoms with Gasteiger partial charge in [-0.1, -0.05) is 52.8 Å². The van der Waals surface area contributed by atoms with Crippen LogP contribution in [-0.2, 0) is 19.1 Å². The number of cyclic esters (lactones) is 1. The van der Waals surface area contributed by atoms with Gasteiger partial charge in [0.25, 0.3) is 0 Å². The van der Waals surface area contributed by atoms with Crippen molar-refractivity contribution in [1.29, 1.82) is 0 Å². The lowest BCUT2D eigenvalue weighted by molar-refractivity contribution is -0.191. The first-order valence-electron chi connectivity index (χ1n) is 11.4. The Morgan fingerprint density at radius 2 is 1.81 bits per heavy atom. The number of carbonyl (C=O) groups excluding carboxylic acids is 2. The molecule has 3 aliphatic carbocycles. The molecule has 0 bridgehead atoms. The molecule has 8 atom stereocenters. The summed E-state index contributed by atoms with van der Waals surface area (Å²) in [4.78, 5) is 25.7. The van der Waals surface area contributed by atoms with E-state index in [9.17, 15) is 9.59 Å². The second-order valence-electron chi connectivity index (χ2n) is 11.5. The van der Waals surface area contributed by atoms with Crippen LogP contribution in [0.25, 0.3) is 0 Å². The first kappa shape index (κ1) is 19.5. The van der Waals surface area contributed by atoms with Gasteiger partial charge in [0, 0.05) is 21.8 Å². The summed E-state index contributed by atoms with van der Waals surface area (Å²) in [5.74, 6) is 0.283. The molecule has 164 valence electrons. The van der Waals surface area contributed by atoms with E-state index in [0.717, 1.165) is 18.4 Å². The van der Waals surface area contributed by atoms with Gasteiger partial charge in [-0.15, -0.1) is 0 Å². The number of esters is 1. The molecular formula is C26H30O5. The maximum atomic E-state index is 13.0. The number of furan rings is 1. The summed E-state index contributed by atoms with van der Waals surface area (Å²) >= 11 is 0. The predicted molar refractivity (Wildman–Crippen MR) is 113 cm³/mol. The summed E-state index contributed by atoms with van der Waals surface area (Å²) in [5.41, 5.74) is -1.08. The summed E-state index contributed by atoms with van der Waals surface area (Å²) in [6.45, 7) is 10.9. The molecule has 1 saturated carbocycles. The van der Waals surface area contributed by atoms with Crippen molar-refractivity contribution < 1.29 is 23.5 Å². The normalized spacial score (nSPS) is 51.3. The van der Waals surface area contributed by atoms with Crippen molar-refractivity contribution in [2.45, 2.75) is 65.3 Å². The fraction of sp³-hybridized carbons (Fsp3) is 0.615. The van der Waals surface area contributed by atoms with Crippen LogP contribution in [0.15, 0.2) is 47.3 Å². The minimum absolute atomic E-state index is 0.119. The zero-order chi connectivity index (χ0) is 22.0. The van der Waals surface area contributed by atoms with Crippen molar-refractivity contribution in [3.63, 3.8) is 0 Å². The van der Waals surface area contributed by atoms with Crippen LogP contribution in [0, 0.1) is 33.5 Å². The van der Waals surface area contributed by atoms with Crippen LogP contribution in [0.5, 0.6) is 0 Å². The molecule has 0 N–H and O–H groups in total. The largest absolute Gasteiger partial charge is 0.472 e. The van der Waals surface area contributed by atoms with E-state index in [2.05, 4.69) is 52.8 Å². The monoisotopic (exact) mass is 422 g/mol. The molecule has 0 aromatic carbocycles. The lowest BCUT2D eigenvalue weighted by Crippen LogP contribution is -2.66. The standard InChI is InChI=1S/C26H30O5/c1-22(2)16-6-11-24(4)17(23(16,3)10-8-18(22)27)7-12-25(5)19(15-9-13-29-14-15)30-21(28)20-26(24,25)31-20/h6,8-11,13-14,16-17,19-20H,7,12H2,1-5H3/t16?,17?,19-,20+,23-,24+,25-,26-/m0/s1. The van der Waals surface area contributed by atoms with E-state index in [4.69, 9.17) is 13.9 Å². The fourth-order valence-corrected chi connectivity index (χ4v) is 8.29. The summed E-state index contributed by atoms with van der Waals surface area (Å²) in [6, 6.07) is 1.89. The molecule has 5 nitrogen and oxygen atoms in total. The number of rotatable bonds is 1. The number of epoxide rings is 1. The molecule has 1 aromatic heterocycles. The average molecular weight is 423 g/mol. The van der Waals surface area contributed by atoms with Crippen LogP contribution in [0.2, 0.25) is 0 Å². The molecule has 3 fully saturated rings. The summed E-state index contributed by atoms with van der Waals surface area (Å²) in [7, 11) is 0. The molecule has 1 spiro atoms. The van der Waals surface area contributed by atoms with Crippen LogP contribution in [0.3, 0.4) is 0 Å². The maximum absolute atomic E-state index is 13.0. The Bertz CT molecular complexity index is 1050. The average Bonchev–Trinajstić information content (AvgIpc) is 3.28. The van der Waals surface area contributed by atoms with Crippen LogP contribution in [-0.4, -0.2) is 23.5 Å². The first-order chi connectivity index (χ1) is 14.5. The van der Waals surface area contributed by atoms with Gasteiger partial charge in [-0.25, -0.2) is 4.79 Å². The Hall–Kier alpha value is -2.14. The Morgan fingerprint density at radius 1 is 1.03 bits per heavy atom. The van der Waals surface area contributed by atoms with Gasteiger partial charge in [0.1, 0.15) is 11.7 Å². The predicted octanol–water partition coefficient (Wildman–Crippen LogP) is 4.80. The lowest BCUT2D eigenvalue weighted by atomic mass is 9.38. The Balaban J connectivity index is 1.52. The molecule has 2 aliphatic heterocycles. The van der Waals surface area contributed by atoms with Gasteiger partial charge in [0.2, 0.25) is 0 Å². The Labute approximate surface area is 182 Å². The summed E-state index contributed by atoms with van der Waals surface area (Å²) < 4.78 is 17.7. The number of hydrogen-bond donors (Lipinski definition) is 0. The van der Waals surface area contributed by atoms with E-state index in [1.54, 1.807) is 18.6 Å². The molecule has 5 aliphatic rings. The highest BCUT2D eigenvalue weighted by Gasteiger charge is 2.85. The number of allylic oxidation sites excluding steroid dienone is 3. The first-order valence-corrected chi connectivity index (χ1v) is 11.4. The summed E-state index contributed by atoms with van der Waals surface area (Å²) in [5, 5.41) is 0. The highest BCUT2D eigenvalue weighted by Crippen LogP contribution is 2.78. The molecule has 2 unspecified atom stereocenters. The van der Waals surface area contributed by atoms with Gasteiger partial charge in [-0.05, 0) is 42.2 Å². The number of carbonyl (C=O) groups is 2. The van der Waals surface area contributed by atoms with Crippen molar-refractivity contribution in [3.05, 3.63) is 48.5 Å². The van der Waals surface area contributed by atoms with Gasteiger partial charge >= 0.3 is 5.97 Å². The van der Waals surface area contributed by atoms with Crippen LogP contribution < -0.4 is 0 Å². The van der Waals surface area contributed by atoms with Crippen LogP contribution in [0.4, 0.5) is 0 Å². The second kappa shape index (κ2) is 5.43. The smallest absolute Gasteiger partial charge is 0.339 e. The third kappa shape index (κ3) is 1.95. The minimum Gasteiger partial charge on any atom is -0.472 e. The third-order valence-electron chi connectivity index (χ3n) is 9.88. The quantitative estimate of drug-likeness (QED) is 0.370. The highest BCUT2D eigenvalue weighted by molar-refractivity contribution is 5.96. The number of hydrogen-bond acceptors (Lipinski definition) is 5. The van der Waals surface area contributed by atoms with E-state index in [1.807, 2.05) is 6.07 Å². The molecule has 0 radical (unpaired) electrons. The van der Waals surface area contributed by atoms with Crippen LogP contribution >= 0.6 is 0 Å². The van der Waals surface area contributed by atoms with Gasteiger partial charge in [0.15, 0.2) is 11.9 Å². The van der Waals surface area contributed by atoms with Crippen molar-refractivity contribution in [2.24, 2.45) is 33.5 Å². The summed E-state index contributed by atoms with van der Waals surface area (Å²) in [6.07, 6.45) is 12.7. The molecular weight excluding hydrogens is 392 g/mol. The second-order valence-corrected chi connectivity index (χ2v) is 11.5. The van der Waals surface area contributed by atoms with Crippen molar-refractivity contribution in [3.8, 4) is 0 Å². The lowest BCUT2D eigenvalue weighted by Gasteiger charge is -2.64. The molecule has 0 amide bonds. The molecule has 31 heavy (non-hydrogen) atoms. The van der Waals surface area contributed by atoms with Gasteiger partial charge in [0.05, 0.1) is 12.5 Å². The number of ether oxygens (including phenoxy) is 2. The van der Waals surface area contributed by atoms with E-state index >= 15 is 0 Å². The van der Waals surface area contributed by atoms with Crippen molar-refractivity contribution >= 4 is 11.8 Å². The van der Waals surface area contributed by atoms with E-state index < -0.39 is 23.2 Å². The van der Waals surface area contributed by atoms with Crippen LogP contribution in [0.1, 0.15) is 59.1 Å². The number of fused-ring (bicyclic) bond motifs is 3. The third-order valence-corrected chi connectivity index (χ3v) is 9.88. The fourth-order valence-electron chi connectivity index (χ4n) is 8.29. The van der Waals surface area contributed by atoms with E-state index in [-0.39, 0.29) is 39.8 Å². The molecule has 1 aromatic rings. The highest BCUT2D eigenvalue weighted by atomic mass is 16.7. The maximum Gasteiger partial charge on any atom is 0.339 e. The zero-order valence-corrected chi connectivity index (χ0v) is 18.8. The molecule has 3 heterocycles. The Morgan fingerprint density at radius 3 is 2.52 bits per heavy atom. The Kier molecular flexibility index (Phi) is 3.42. The SMILES string of the molecule is CC1(C)C(=O)C=C[C@@]2(C)C1C=C[C@]1(C)C2CC[C@@]2(C)[C@H](c3ccoc3)OC(=O)[C@H]3O[C@]321. The van der Waals surface area contributed by atoms with Gasteiger partial charge in [-0.3, -0.25) is 4.79 Å². The minimum atomic E-state index is -0.621. The van der Waals surface area contributed by atoms with Crippen molar-refractivity contribution in [2.75, 3.05) is 0 Å². The number of ketones is 1. The van der Waals surface area contributed by atoms with Gasteiger partial charge in [-0.2, -0.15) is 0 Å². The molecule has 6 rings (SSSR count). The van der Waals surface area contributed by atoms with E-state index in [0.29, 0.717) is 0 Å².